The summed E-state index contributed by atoms with van der Waals surface area (Å²) in [6.07, 6.45) is 1.76. The Labute approximate surface area is 136 Å². The molecule has 2 aromatic rings. The van der Waals surface area contributed by atoms with E-state index in [1.807, 2.05) is 38.1 Å². The first-order chi connectivity index (χ1) is 10.6. The van der Waals surface area contributed by atoms with Crippen molar-refractivity contribution in [3.63, 3.8) is 0 Å². The van der Waals surface area contributed by atoms with E-state index >= 15 is 0 Å². The van der Waals surface area contributed by atoms with Crippen molar-refractivity contribution in [3.05, 3.63) is 36.0 Å². The molecule has 118 valence electrons. The number of pyridine rings is 1. The van der Waals surface area contributed by atoms with Crippen molar-refractivity contribution >= 4 is 11.6 Å². The highest BCUT2D eigenvalue weighted by Gasteiger charge is 2.16. The molecule has 0 amide bonds. The van der Waals surface area contributed by atoms with Crippen LogP contribution in [0, 0.1) is 0 Å². The Morgan fingerprint density at radius 1 is 1.09 bits per heavy atom. The minimum Gasteiger partial charge on any atom is -0.493 e. The Morgan fingerprint density at radius 2 is 1.73 bits per heavy atom. The van der Waals surface area contributed by atoms with Crippen LogP contribution in [0.2, 0.25) is 0 Å². The lowest BCUT2D eigenvalue weighted by Crippen LogP contribution is -2.08. The maximum atomic E-state index is 5.89. The number of hydrogen-bond acceptors (Lipinski definition) is 4. The van der Waals surface area contributed by atoms with Crippen molar-refractivity contribution in [2.75, 3.05) is 14.2 Å². The molecule has 0 saturated carbocycles. The van der Waals surface area contributed by atoms with Crippen LogP contribution in [0.5, 0.6) is 17.2 Å². The molecule has 1 heterocycles. The van der Waals surface area contributed by atoms with Crippen molar-refractivity contribution in [2.24, 2.45) is 0 Å². The molecule has 1 aromatic carbocycles. The number of hydrogen-bond donors (Lipinski definition) is 0. The van der Waals surface area contributed by atoms with Gasteiger partial charge in [-0.05, 0) is 43.7 Å². The van der Waals surface area contributed by atoms with Gasteiger partial charge in [-0.1, -0.05) is 0 Å². The number of benzene rings is 1. The van der Waals surface area contributed by atoms with Gasteiger partial charge in [-0.3, -0.25) is 4.98 Å². The van der Waals surface area contributed by atoms with E-state index < -0.39 is 0 Å². The van der Waals surface area contributed by atoms with Crippen molar-refractivity contribution in [1.29, 1.82) is 0 Å². The highest BCUT2D eigenvalue weighted by atomic mass is 35.5. The van der Waals surface area contributed by atoms with E-state index in [9.17, 15) is 0 Å². The number of rotatable bonds is 6. The summed E-state index contributed by atoms with van der Waals surface area (Å²) in [5.41, 5.74) is 2.70. The third kappa shape index (κ3) is 3.63. The standard InChI is InChI=1S/C17H20ClNO3/c1-11(2)22-17-15(20-3)8-13(9-16(17)21-4)14-7-12(10-18)5-6-19-14/h5-9,11H,10H2,1-4H3. The molecule has 0 atom stereocenters. The van der Waals surface area contributed by atoms with Crippen LogP contribution in [0.15, 0.2) is 30.5 Å². The monoisotopic (exact) mass is 321 g/mol. The third-order valence-corrected chi connectivity index (χ3v) is 3.40. The molecular weight excluding hydrogens is 302 g/mol. The van der Waals surface area contributed by atoms with E-state index in [0.717, 1.165) is 16.8 Å². The molecule has 0 aliphatic heterocycles. The quantitative estimate of drug-likeness (QED) is 0.744. The smallest absolute Gasteiger partial charge is 0.203 e. The molecule has 0 bridgehead atoms. The molecule has 1 aromatic heterocycles. The number of halogens is 1. The zero-order valence-electron chi connectivity index (χ0n) is 13.2. The van der Waals surface area contributed by atoms with Crippen LogP contribution < -0.4 is 14.2 Å². The molecule has 0 unspecified atom stereocenters. The van der Waals surface area contributed by atoms with Gasteiger partial charge in [0.15, 0.2) is 11.5 Å². The van der Waals surface area contributed by atoms with Crippen LogP contribution in [0.4, 0.5) is 0 Å². The summed E-state index contributed by atoms with van der Waals surface area (Å²) in [6.45, 7) is 3.91. The fraction of sp³-hybridized carbons (Fsp3) is 0.353. The molecule has 22 heavy (non-hydrogen) atoms. The van der Waals surface area contributed by atoms with E-state index in [4.69, 9.17) is 25.8 Å². The molecular formula is C17H20ClNO3. The number of nitrogens with zero attached hydrogens (tertiary/aromatic N) is 1. The number of ether oxygens (including phenoxy) is 3. The summed E-state index contributed by atoms with van der Waals surface area (Å²) >= 11 is 5.89. The molecule has 0 spiro atoms. The molecule has 5 heteroatoms. The van der Waals surface area contributed by atoms with Crippen molar-refractivity contribution in [1.82, 2.24) is 4.98 Å². The predicted octanol–water partition coefficient (Wildman–Crippen LogP) is 4.29. The normalized spacial score (nSPS) is 10.6. The van der Waals surface area contributed by atoms with Gasteiger partial charge in [0.2, 0.25) is 5.75 Å². The zero-order chi connectivity index (χ0) is 16.1. The van der Waals surface area contributed by atoms with E-state index in [1.165, 1.54) is 0 Å². The second-order valence-corrected chi connectivity index (χ2v) is 5.33. The third-order valence-electron chi connectivity index (χ3n) is 3.09. The van der Waals surface area contributed by atoms with Crippen LogP contribution in [0.1, 0.15) is 19.4 Å². The van der Waals surface area contributed by atoms with Crippen LogP contribution in [-0.4, -0.2) is 25.3 Å². The Morgan fingerprint density at radius 3 is 2.23 bits per heavy atom. The average Bonchev–Trinajstić information content (AvgIpc) is 2.54. The van der Waals surface area contributed by atoms with Gasteiger partial charge in [-0.2, -0.15) is 0 Å². The van der Waals surface area contributed by atoms with Crippen molar-refractivity contribution in [2.45, 2.75) is 25.8 Å². The highest BCUT2D eigenvalue weighted by molar-refractivity contribution is 6.17. The molecule has 0 aliphatic carbocycles. The van der Waals surface area contributed by atoms with Gasteiger partial charge in [-0.25, -0.2) is 0 Å². The summed E-state index contributed by atoms with van der Waals surface area (Å²) in [5.74, 6) is 2.26. The maximum Gasteiger partial charge on any atom is 0.203 e. The Balaban J connectivity index is 2.53. The lowest BCUT2D eigenvalue weighted by atomic mass is 10.1. The SMILES string of the molecule is COc1cc(-c2cc(CCl)ccn2)cc(OC)c1OC(C)C. The van der Waals surface area contributed by atoms with Gasteiger partial charge < -0.3 is 14.2 Å². The topological polar surface area (TPSA) is 40.6 Å². The maximum absolute atomic E-state index is 5.89. The summed E-state index contributed by atoms with van der Waals surface area (Å²) in [4.78, 5) is 4.39. The second kappa shape index (κ2) is 7.36. The number of alkyl halides is 1. The lowest BCUT2D eigenvalue weighted by Gasteiger charge is -2.18. The van der Waals surface area contributed by atoms with Crippen LogP contribution in [-0.2, 0) is 5.88 Å². The van der Waals surface area contributed by atoms with Gasteiger partial charge >= 0.3 is 0 Å². The van der Waals surface area contributed by atoms with E-state index in [2.05, 4.69) is 4.98 Å². The van der Waals surface area contributed by atoms with E-state index in [1.54, 1.807) is 20.4 Å². The van der Waals surface area contributed by atoms with E-state index in [0.29, 0.717) is 23.1 Å². The molecule has 0 saturated heterocycles. The molecule has 4 nitrogen and oxygen atoms in total. The summed E-state index contributed by atoms with van der Waals surface area (Å²) < 4.78 is 16.7. The first-order valence-electron chi connectivity index (χ1n) is 7.03. The van der Waals surface area contributed by atoms with Gasteiger partial charge in [0.25, 0.3) is 0 Å². The summed E-state index contributed by atoms with van der Waals surface area (Å²) in [5, 5.41) is 0. The van der Waals surface area contributed by atoms with E-state index in [-0.39, 0.29) is 6.10 Å². The van der Waals surface area contributed by atoms with Crippen molar-refractivity contribution in [3.8, 4) is 28.5 Å². The molecule has 2 rings (SSSR count). The summed E-state index contributed by atoms with van der Waals surface area (Å²) in [6, 6.07) is 7.62. The molecule has 0 fully saturated rings. The van der Waals surface area contributed by atoms with Gasteiger partial charge in [0.1, 0.15) is 0 Å². The minimum absolute atomic E-state index is 0.0198. The second-order valence-electron chi connectivity index (χ2n) is 5.06. The first kappa shape index (κ1) is 16.4. The van der Waals surface area contributed by atoms with Crippen molar-refractivity contribution < 1.29 is 14.2 Å². The fourth-order valence-electron chi connectivity index (χ4n) is 2.09. The van der Waals surface area contributed by atoms with Gasteiger partial charge in [0.05, 0.1) is 26.0 Å². The number of aromatic nitrogens is 1. The molecule has 0 radical (unpaired) electrons. The highest BCUT2D eigenvalue weighted by Crippen LogP contribution is 2.41. The van der Waals surface area contributed by atoms with Gasteiger partial charge in [-0.15, -0.1) is 11.6 Å². The van der Waals surface area contributed by atoms with Crippen LogP contribution in [0.25, 0.3) is 11.3 Å². The predicted molar refractivity (Wildman–Crippen MR) is 88.1 cm³/mol. The Kier molecular flexibility index (Phi) is 5.50. The fourth-order valence-corrected chi connectivity index (χ4v) is 2.26. The molecule has 0 N–H and O–H groups in total. The lowest BCUT2D eigenvalue weighted by molar-refractivity contribution is 0.218. The Hall–Kier alpha value is -1.94. The summed E-state index contributed by atoms with van der Waals surface area (Å²) in [7, 11) is 3.21. The van der Waals surface area contributed by atoms with Crippen LogP contribution in [0.3, 0.4) is 0 Å². The van der Waals surface area contributed by atoms with Crippen LogP contribution >= 0.6 is 11.6 Å². The minimum atomic E-state index is 0.0198. The number of methoxy groups -OCH3 is 2. The largest absolute Gasteiger partial charge is 0.493 e. The molecule has 0 aliphatic rings. The Bertz CT molecular complexity index is 619. The van der Waals surface area contributed by atoms with Gasteiger partial charge in [0, 0.05) is 17.6 Å². The zero-order valence-corrected chi connectivity index (χ0v) is 14.0. The average molecular weight is 322 g/mol. The first-order valence-corrected chi connectivity index (χ1v) is 7.56.